The number of furan rings is 1. The van der Waals surface area contributed by atoms with E-state index >= 15 is 0 Å². The van der Waals surface area contributed by atoms with Crippen LogP contribution >= 0.6 is 0 Å². The third-order valence-electron chi connectivity index (χ3n) is 2.65. The van der Waals surface area contributed by atoms with Gasteiger partial charge in [-0.2, -0.15) is 5.26 Å². The number of hydrogen-bond acceptors (Lipinski definition) is 4. The number of Topliss-reactive ketones (excluding diaryl/α,β-unsaturated/α-hetero) is 1. The second-order valence-corrected chi connectivity index (χ2v) is 4.14. The van der Waals surface area contributed by atoms with Gasteiger partial charge in [0.1, 0.15) is 0 Å². The summed E-state index contributed by atoms with van der Waals surface area (Å²) in [4.78, 5) is 23.4. The Morgan fingerprint density at radius 1 is 1.20 bits per heavy atom. The molecule has 0 fully saturated rings. The van der Waals surface area contributed by atoms with Gasteiger partial charge < -0.3 is 9.73 Å². The van der Waals surface area contributed by atoms with Crippen LogP contribution in [-0.2, 0) is 4.79 Å². The normalized spacial score (nSPS) is 9.75. The summed E-state index contributed by atoms with van der Waals surface area (Å²) in [6.07, 6.45) is 1.56. The summed E-state index contributed by atoms with van der Waals surface area (Å²) in [5.74, 6) is -0.236. The van der Waals surface area contributed by atoms with Crippen LogP contribution in [0.2, 0.25) is 0 Å². The average molecular weight is 268 g/mol. The highest BCUT2D eigenvalue weighted by molar-refractivity contribution is 5.98. The van der Waals surface area contributed by atoms with Crippen molar-refractivity contribution >= 4 is 17.4 Å². The maximum Gasteiger partial charge on any atom is 0.224 e. The van der Waals surface area contributed by atoms with Crippen molar-refractivity contribution in [3.63, 3.8) is 0 Å². The average Bonchev–Trinajstić information content (AvgIpc) is 2.99. The van der Waals surface area contributed by atoms with Crippen molar-refractivity contribution in [2.45, 2.75) is 12.8 Å². The number of rotatable bonds is 5. The number of anilines is 1. The second kappa shape index (κ2) is 6.34. The first-order chi connectivity index (χ1) is 9.69. The molecule has 0 spiro atoms. The zero-order valence-corrected chi connectivity index (χ0v) is 10.6. The molecule has 20 heavy (non-hydrogen) atoms. The first kappa shape index (κ1) is 13.6. The van der Waals surface area contributed by atoms with E-state index in [1.807, 2.05) is 6.07 Å². The van der Waals surface area contributed by atoms with Gasteiger partial charge >= 0.3 is 0 Å². The van der Waals surface area contributed by atoms with Gasteiger partial charge in [-0.05, 0) is 30.3 Å². The molecule has 1 amide bonds. The third kappa shape index (κ3) is 3.56. The number of nitriles is 1. The summed E-state index contributed by atoms with van der Waals surface area (Å²) in [6, 6.07) is 11.8. The largest absolute Gasteiger partial charge is 0.461 e. The minimum absolute atomic E-state index is 0.0658. The molecule has 2 aromatic rings. The molecule has 0 aliphatic carbocycles. The summed E-state index contributed by atoms with van der Waals surface area (Å²) in [5, 5.41) is 11.4. The summed E-state index contributed by atoms with van der Waals surface area (Å²) < 4.78 is 4.96. The first-order valence-electron chi connectivity index (χ1n) is 6.06. The molecule has 5 nitrogen and oxygen atoms in total. The predicted molar refractivity (Wildman–Crippen MR) is 72.1 cm³/mol. The van der Waals surface area contributed by atoms with Crippen molar-refractivity contribution < 1.29 is 14.0 Å². The number of carbonyl (C=O) groups is 2. The van der Waals surface area contributed by atoms with Crippen LogP contribution in [0.1, 0.15) is 29.0 Å². The minimum atomic E-state index is -0.278. The molecule has 1 aromatic heterocycles. The van der Waals surface area contributed by atoms with Gasteiger partial charge in [-0.3, -0.25) is 9.59 Å². The Hall–Kier alpha value is -2.87. The summed E-state index contributed by atoms with van der Waals surface area (Å²) in [5.41, 5.74) is 1.01. The highest BCUT2D eigenvalue weighted by Gasteiger charge is 2.11. The lowest BCUT2D eigenvalue weighted by molar-refractivity contribution is -0.116. The van der Waals surface area contributed by atoms with Gasteiger partial charge in [-0.15, -0.1) is 0 Å². The SMILES string of the molecule is N#Cc1cccc(NC(=O)CCC(=O)c2ccco2)c1. The number of nitrogens with one attached hydrogen (secondary N) is 1. The molecule has 0 saturated carbocycles. The molecule has 1 aromatic carbocycles. The van der Waals surface area contributed by atoms with Crippen LogP contribution in [0.4, 0.5) is 5.69 Å². The van der Waals surface area contributed by atoms with Crippen molar-refractivity contribution in [1.29, 1.82) is 5.26 Å². The number of amides is 1. The molecule has 0 aliphatic rings. The Morgan fingerprint density at radius 3 is 2.75 bits per heavy atom. The lowest BCUT2D eigenvalue weighted by atomic mass is 10.1. The summed E-state index contributed by atoms with van der Waals surface area (Å²) in [7, 11) is 0. The van der Waals surface area contributed by atoms with Crippen molar-refractivity contribution in [3.05, 3.63) is 54.0 Å². The van der Waals surface area contributed by atoms with E-state index in [0.29, 0.717) is 11.3 Å². The fourth-order valence-corrected chi connectivity index (χ4v) is 1.68. The molecule has 0 saturated heterocycles. The summed E-state index contributed by atoms with van der Waals surface area (Å²) >= 11 is 0. The lowest BCUT2D eigenvalue weighted by Gasteiger charge is -2.04. The second-order valence-electron chi connectivity index (χ2n) is 4.14. The summed E-state index contributed by atoms with van der Waals surface area (Å²) in [6.45, 7) is 0. The minimum Gasteiger partial charge on any atom is -0.461 e. The van der Waals surface area contributed by atoms with Crippen LogP contribution in [-0.4, -0.2) is 11.7 Å². The van der Waals surface area contributed by atoms with Gasteiger partial charge in [-0.25, -0.2) is 0 Å². The Labute approximate surface area is 115 Å². The first-order valence-corrected chi connectivity index (χ1v) is 6.06. The van der Waals surface area contributed by atoms with Crippen molar-refractivity contribution in [2.75, 3.05) is 5.32 Å². The van der Waals surface area contributed by atoms with Crippen molar-refractivity contribution in [2.24, 2.45) is 0 Å². The highest BCUT2D eigenvalue weighted by atomic mass is 16.3. The Morgan fingerprint density at radius 2 is 2.05 bits per heavy atom. The predicted octanol–water partition coefficient (Wildman–Crippen LogP) is 2.75. The zero-order chi connectivity index (χ0) is 14.4. The van der Waals surface area contributed by atoms with Crippen LogP contribution in [0.15, 0.2) is 47.1 Å². The maximum atomic E-state index is 11.7. The highest BCUT2D eigenvalue weighted by Crippen LogP contribution is 2.11. The molecule has 0 radical (unpaired) electrons. The van der Waals surface area contributed by atoms with Crippen LogP contribution in [0.5, 0.6) is 0 Å². The van der Waals surface area contributed by atoms with E-state index in [1.165, 1.54) is 6.26 Å². The number of carbonyl (C=O) groups excluding carboxylic acids is 2. The maximum absolute atomic E-state index is 11.7. The molecule has 100 valence electrons. The van der Waals surface area contributed by atoms with Crippen LogP contribution in [0.25, 0.3) is 0 Å². The van der Waals surface area contributed by atoms with Gasteiger partial charge in [0, 0.05) is 18.5 Å². The van der Waals surface area contributed by atoms with Gasteiger partial charge in [0.15, 0.2) is 11.5 Å². The molecule has 0 aliphatic heterocycles. The van der Waals surface area contributed by atoms with Gasteiger partial charge in [0.25, 0.3) is 0 Å². The van der Waals surface area contributed by atoms with E-state index in [-0.39, 0.29) is 30.3 Å². The zero-order valence-electron chi connectivity index (χ0n) is 10.6. The molecule has 2 rings (SSSR count). The Balaban J connectivity index is 1.86. The molecule has 0 atom stereocenters. The molecular formula is C15H12N2O3. The molecular weight excluding hydrogens is 256 g/mol. The van der Waals surface area contributed by atoms with E-state index in [1.54, 1.807) is 36.4 Å². The molecule has 1 N–H and O–H groups in total. The van der Waals surface area contributed by atoms with E-state index in [2.05, 4.69) is 5.32 Å². The van der Waals surface area contributed by atoms with E-state index in [9.17, 15) is 9.59 Å². The van der Waals surface area contributed by atoms with E-state index in [4.69, 9.17) is 9.68 Å². The fourth-order valence-electron chi connectivity index (χ4n) is 1.68. The number of hydrogen-bond donors (Lipinski definition) is 1. The van der Waals surface area contributed by atoms with Crippen LogP contribution < -0.4 is 5.32 Å². The smallest absolute Gasteiger partial charge is 0.224 e. The lowest BCUT2D eigenvalue weighted by Crippen LogP contribution is -2.13. The number of benzene rings is 1. The van der Waals surface area contributed by atoms with Gasteiger partial charge in [0.2, 0.25) is 5.91 Å². The van der Waals surface area contributed by atoms with Crippen molar-refractivity contribution in [3.8, 4) is 6.07 Å². The Bertz CT molecular complexity index is 654. The molecule has 5 heteroatoms. The van der Waals surface area contributed by atoms with Crippen LogP contribution in [0.3, 0.4) is 0 Å². The van der Waals surface area contributed by atoms with Gasteiger partial charge in [0.05, 0.1) is 17.9 Å². The third-order valence-corrected chi connectivity index (χ3v) is 2.65. The van der Waals surface area contributed by atoms with Crippen LogP contribution in [0, 0.1) is 11.3 Å². The monoisotopic (exact) mass is 268 g/mol. The molecule has 1 heterocycles. The fraction of sp³-hybridized carbons (Fsp3) is 0.133. The molecule has 0 bridgehead atoms. The number of nitrogens with zero attached hydrogens (tertiary/aromatic N) is 1. The van der Waals surface area contributed by atoms with Crippen molar-refractivity contribution in [1.82, 2.24) is 0 Å². The van der Waals surface area contributed by atoms with E-state index < -0.39 is 0 Å². The topological polar surface area (TPSA) is 83.1 Å². The quantitative estimate of drug-likeness (QED) is 0.845. The van der Waals surface area contributed by atoms with Gasteiger partial charge in [-0.1, -0.05) is 6.07 Å². The Kier molecular flexibility index (Phi) is 4.30. The molecule has 0 unspecified atom stereocenters. The number of ketones is 1. The standard InChI is InChI=1S/C15H12N2O3/c16-10-11-3-1-4-12(9-11)17-15(19)7-6-13(18)14-5-2-8-20-14/h1-5,8-9H,6-7H2,(H,17,19). The van der Waals surface area contributed by atoms with E-state index in [0.717, 1.165) is 0 Å².